The molecule has 1 heterocycles. The van der Waals surface area contributed by atoms with Crippen LogP contribution >= 0.6 is 0 Å². The van der Waals surface area contributed by atoms with Crippen molar-refractivity contribution in [2.75, 3.05) is 18.5 Å². The molecule has 0 amide bonds. The first kappa shape index (κ1) is 11.9. The van der Waals surface area contributed by atoms with E-state index in [-0.39, 0.29) is 0 Å². The first-order chi connectivity index (χ1) is 8.88. The third kappa shape index (κ3) is 3.46. The molecule has 90 valence electrons. The van der Waals surface area contributed by atoms with Gasteiger partial charge in [-0.25, -0.2) is 9.97 Å². The summed E-state index contributed by atoms with van der Waals surface area (Å²) in [6, 6.07) is 11.5. The first-order valence-electron chi connectivity index (χ1n) is 5.52. The number of benzene rings is 1. The van der Waals surface area contributed by atoms with Gasteiger partial charge in [0.15, 0.2) is 5.69 Å². The predicted octanol–water partition coefficient (Wildman–Crippen LogP) is 1.84. The van der Waals surface area contributed by atoms with Crippen LogP contribution in [-0.2, 0) is 0 Å². The summed E-state index contributed by atoms with van der Waals surface area (Å²) in [5.74, 6) is 1.47. The maximum absolute atomic E-state index is 8.58. The summed E-state index contributed by atoms with van der Waals surface area (Å²) < 4.78 is 5.51. The van der Waals surface area contributed by atoms with Gasteiger partial charge in [0.05, 0.1) is 18.9 Å². The van der Waals surface area contributed by atoms with E-state index in [2.05, 4.69) is 15.3 Å². The van der Waals surface area contributed by atoms with Crippen molar-refractivity contribution < 1.29 is 4.74 Å². The molecule has 0 radical (unpaired) electrons. The highest BCUT2D eigenvalue weighted by atomic mass is 16.5. The minimum atomic E-state index is 0.307. The SMILES string of the molecule is N#Cc1cnc(NCCOc2ccccc2)cn1. The number of rotatable bonds is 5. The first-order valence-corrected chi connectivity index (χ1v) is 5.52. The van der Waals surface area contributed by atoms with Crippen LogP contribution in [0.5, 0.6) is 5.75 Å². The molecule has 2 aromatic rings. The van der Waals surface area contributed by atoms with E-state index < -0.39 is 0 Å². The number of para-hydroxylation sites is 1. The van der Waals surface area contributed by atoms with Gasteiger partial charge in [-0.2, -0.15) is 5.26 Å². The van der Waals surface area contributed by atoms with Crippen molar-refractivity contribution in [2.45, 2.75) is 0 Å². The van der Waals surface area contributed by atoms with Crippen molar-refractivity contribution in [3.8, 4) is 11.8 Å². The summed E-state index contributed by atoms with van der Waals surface area (Å²) in [7, 11) is 0. The molecular formula is C13H12N4O. The average Bonchev–Trinajstić information content (AvgIpc) is 2.45. The van der Waals surface area contributed by atoms with Crippen molar-refractivity contribution in [2.24, 2.45) is 0 Å². The van der Waals surface area contributed by atoms with Crippen LogP contribution < -0.4 is 10.1 Å². The lowest BCUT2D eigenvalue weighted by Crippen LogP contribution is -2.12. The Morgan fingerprint density at radius 3 is 2.67 bits per heavy atom. The van der Waals surface area contributed by atoms with E-state index in [0.29, 0.717) is 24.7 Å². The number of hydrogen-bond acceptors (Lipinski definition) is 5. The zero-order chi connectivity index (χ0) is 12.6. The second kappa shape index (κ2) is 6.21. The molecular weight excluding hydrogens is 228 g/mol. The Kier molecular flexibility index (Phi) is 4.09. The van der Waals surface area contributed by atoms with E-state index in [1.54, 1.807) is 0 Å². The summed E-state index contributed by atoms with van der Waals surface area (Å²) in [5, 5.41) is 11.6. The van der Waals surface area contributed by atoms with Crippen LogP contribution in [0.15, 0.2) is 42.7 Å². The highest BCUT2D eigenvalue weighted by Crippen LogP contribution is 2.07. The summed E-state index contributed by atoms with van der Waals surface area (Å²) in [6.07, 6.45) is 2.96. The molecule has 0 atom stereocenters. The summed E-state index contributed by atoms with van der Waals surface area (Å²) >= 11 is 0. The molecule has 0 aliphatic rings. The molecule has 1 N–H and O–H groups in total. The van der Waals surface area contributed by atoms with Gasteiger partial charge in [0.25, 0.3) is 0 Å². The largest absolute Gasteiger partial charge is 0.492 e. The standard InChI is InChI=1S/C13H12N4O/c14-8-11-9-17-13(10-16-11)15-6-7-18-12-4-2-1-3-5-12/h1-5,9-10H,6-7H2,(H,15,17). The molecule has 0 fully saturated rings. The van der Waals surface area contributed by atoms with Gasteiger partial charge in [-0.3, -0.25) is 0 Å². The van der Waals surface area contributed by atoms with Gasteiger partial charge in [-0.1, -0.05) is 18.2 Å². The maximum Gasteiger partial charge on any atom is 0.158 e. The third-order valence-corrected chi connectivity index (χ3v) is 2.19. The Balaban J connectivity index is 1.74. The van der Waals surface area contributed by atoms with Crippen LogP contribution in [0.2, 0.25) is 0 Å². The van der Waals surface area contributed by atoms with Crippen molar-refractivity contribution >= 4 is 5.82 Å². The van der Waals surface area contributed by atoms with Crippen molar-refractivity contribution in [3.05, 3.63) is 48.4 Å². The van der Waals surface area contributed by atoms with E-state index >= 15 is 0 Å². The minimum Gasteiger partial charge on any atom is -0.492 e. The number of hydrogen-bond donors (Lipinski definition) is 1. The van der Waals surface area contributed by atoms with Crippen molar-refractivity contribution in [1.29, 1.82) is 5.26 Å². The fraction of sp³-hybridized carbons (Fsp3) is 0.154. The zero-order valence-corrected chi connectivity index (χ0v) is 9.71. The average molecular weight is 240 g/mol. The van der Waals surface area contributed by atoms with E-state index in [1.807, 2.05) is 36.4 Å². The Labute approximate surface area is 105 Å². The van der Waals surface area contributed by atoms with Crippen molar-refractivity contribution in [3.63, 3.8) is 0 Å². The van der Waals surface area contributed by atoms with Crippen molar-refractivity contribution in [1.82, 2.24) is 9.97 Å². The number of nitriles is 1. The Bertz CT molecular complexity index is 519. The van der Waals surface area contributed by atoms with Gasteiger partial charge in [-0.05, 0) is 12.1 Å². The maximum atomic E-state index is 8.58. The topological polar surface area (TPSA) is 70.8 Å². The van der Waals surface area contributed by atoms with Gasteiger partial charge >= 0.3 is 0 Å². The molecule has 1 aromatic heterocycles. The fourth-order valence-corrected chi connectivity index (χ4v) is 1.34. The number of anilines is 1. The summed E-state index contributed by atoms with van der Waals surface area (Å²) in [5.41, 5.74) is 0.307. The van der Waals surface area contributed by atoms with Gasteiger partial charge < -0.3 is 10.1 Å². The molecule has 0 aliphatic carbocycles. The lowest BCUT2D eigenvalue weighted by atomic mass is 10.3. The summed E-state index contributed by atoms with van der Waals surface area (Å²) in [4.78, 5) is 7.95. The molecule has 5 nitrogen and oxygen atoms in total. The molecule has 18 heavy (non-hydrogen) atoms. The second-order valence-corrected chi connectivity index (χ2v) is 3.49. The van der Waals surface area contributed by atoms with Gasteiger partial charge in [0, 0.05) is 0 Å². The molecule has 0 bridgehead atoms. The molecule has 0 saturated heterocycles. The molecule has 0 saturated carbocycles. The smallest absolute Gasteiger partial charge is 0.158 e. The lowest BCUT2D eigenvalue weighted by molar-refractivity contribution is 0.333. The molecule has 2 rings (SSSR count). The molecule has 0 unspecified atom stereocenters. The van der Waals surface area contributed by atoms with Crippen LogP contribution in [-0.4, -0.2) is 23.1 Å². The number of nitrogens with zero attached hydrogens (tertiary/aromatic N) is 3. The number of nitrogens with one attached hydrogen (secondary N) is 1. The quantitative estimate of drug-likeness (QED) is 0.807. The number of aromatic nitrogens is 2. The second-order valence-electron chi connectivity index (χ2n) is 3.49. The monoisotopic (exact) mass is 240 g/mol. The van der Waals surface area contributed by atoms with Gasteiger partial charge in [-0.15, -0.1) is 0 Å². The zero-order valence-electron chi connectivity index (χ0n) is 9.71. The molecule has 0 spiro atoms. The normalized spacial score (nSPS) is 9.50. The lowest BCUT2D eigenvalue weighted by Gasteiger charge is -2.07. The van der Waals surface area contributed by atoms with E-state index in [0.717, 1.165) is 5.75 Å². The van der Waals surface area contributed by atoms with Gasteiger partial charge in [0.2, 0.25) is 0 Å². The molecule has 5 heteroatoms. The van der Waals surface area contributed by atoms with E-state index in [9.17, 15) is 0 Å². The Morgan fingerprint density at radius 2 is 2.00 bits per heavy atom. The highest BCUT2D eigenvalue weighted by Gasteiger charge is 1.96. The van der Waals surface area contributed by atoms with E-state index in [4.69, 9.17) is 10.00 Å². The Hall–Kier alpha value is -2.61. The minimum absolute atomic E-state index is 0.307. The fourth-order valence-electron chi connectivity index (χ4n) is 1.34. The third-order valence-electron chi connectivity index (χ3n) is 2.19. The van der Waals surface area contributed by atoms with E-state index in [1.165, 1.54) is 12.4 Å². The molecule has 1 aromatic carbocycles. The van der Waals surface area contributed by atoms with Gasteiger partial charge in [0.1, 0.15) is 24.2 Å². The summed E-state index contributed by atoms with van der Waals surface area (Å²) in [6.45, 7) is 1.15. The Morgan fingerprint density at radius 1 is 1.17 bits per heavy atom. The molecule has 0 aliphatic heterocycles. The highest BCUT2D eigenvalue weighted by molar-refractivity contribution is 5.33. The number of ether oxygens (including phenoxy) is 1. The van der Waals surface area contributed by atoms with Crippen LogP contribution in [0, 0.1) is 11.3 Å². The van der Waals surface area contributed by atoms with Crippen LogP contribution in [0.3, 0.4) is 0 Å². The van der Waals surface area contributed by atoms with Crippen LogP contribution in [0.25, 0.3) is 0 Å². The van der Waals surface area contributed by atoms with Crippen LogP contribution in [0.4, 0.5) is 5.82 Å². The van der Waals surface area contributed by atoms with Crippen LogP contribution in [0.1, 0.15) is 5.69 Å². The predicted molar refractivity (Wildman–Crippen MR) is 67.2 cm³/mol.